The molecule has 0 bridgehead atoms. The lowest BCUT2D eigenvalue weighted by molar-refractivity contribution is -0.130. The van der Waals surface area contributed by atoms with Gasteiger partial charge in [0, 0.05) is 19.1 Å². The number of nitrogens with one attached hydrogen (secondary N) is 1. The second-order valence-electron chi connectivity index (χ2n) is 4.20. The first-order chi connectivity index (χ1) is 7.24. The Morgan fingerprint density at radius 3 is 2.53 bits per heavy atom. The summed E-state index contributed by atoms with van der Waals surface area (Å²) in [5.74, 6) is 0.227. The SMILES string of the molecule is C=CC(C)NCC(=O)N1CCCCCC1. The van der Waals surface area contributed by atoms with Gasteiger partial charge in [0.1, 0.15) is 0 Å². The number of amides is 1. The molecule has 0 saturated carbocycles. The second kappa shape index (κ2) is 6.62. The van der Waals surface area contributed by atoms with Crippen LogP contribution in [0.1, 0.15) is 32.6 Å². The van der Waals surface area contributed by atoms with Gasteiger partial charge in [0.25, 0.3) is 0 Å². The molecule has 0 radical (unpaired) electrons. The van der Waals surface area contributed by atoms with Gasteiger partial charge in [-0.2, -0.15) is 0 Å². The summed E-state index contributed by atoms with van der Waals surface area (Å²) in [5.41, 5.74) is 0. The zero-order valence-electron chi connectivity index (χ0n) is 9.67. The predicted octanol–water partition coefficient (Wildman–Crippen LogP) is 1.55. The summed E-state index contributed by atoms with van der Waals surface area (Å²) in [4.78, 5) is 13.8. The third kappa shape index (κ3) is 4.47. The van der Waals surface area contributed by atoms with Crippen molar-refractivity contribution in [1.29, 1.82) is 0 Å². The third-order valence-electron chi connectivity index (χ3n) is 2.89. The van der Waals surface area contributed by atoms with E-state index < -0.39 is 0 Å². The fraction of sp³-hybridized carbons (Fsp3) is 0.750. The number of nitrogens with zero attached hydrogens (tertiary/aromatic N) is 1. The summed E-state index contributed by atoms with van der Waals surface area (Å²) in [6.45, 7) is 7.99. The number of rotatable bonds is 4. The van der Waals surface area contributed by atoms with Crippen LogP contribution < -0.4 is 5.32 Å². The fourth-order valence-corrected chi connectivity index (χ4v) is 1.76. The van der Waals surface area contributed by atoms with Crippen molar-refractivity contribution in [2.45, 2.75) is 38.6 Å². The van der Waals surface area contributed by atoms with Crippen molar-refractivity contribution in [2.75, 3.05) is 19.6 Å². The van der Waals surface area contributed by atoms with Crippen LogP contribution in [0.2, 0.25) is 0 Å². The van der Waals surface area contributed by atoms with Gasteiger partial charge >= 0.3 is 0 Å². The molecular weight excluding hydrogens is 188 g/mol. The van der Waals surface area contributed by atoms with Crippen molar-refractivity contribution < 1.29 is 4.79 Å². The molecule has 1 aliphatic heterocycles. The molecule has 1 amide bonds. The van der Waals surface area contributed by atoms with Crippen LogP contribution in [0.25, 0.3) is 0 Å². The zero-order chi connectivity index (χ0) is 11.1. The molecule has 1 N–H and O–H groups in total. The summed E-state index contributed by atoms with van der Waals surface area (Å²) < 4.78 is 0. The quantitative estimate of drug-likeness (QED) is 0.714. The third-order valence-corrected chi connectivity index (χ3v) is 2.89. The summed E-state index contributed by atoms with van der Waals surface area (Å²) in [5, 5.41) is 3.14. The van der Waals surface area contributed by atoms with Gasteiger partial charge in [-0.1, -0.05) is 18.9 Å². The Balaban J connectivity index is 2.28. The van der Waals surface area contributed by atoms with Crippen LogP contribution >= 0.6 is 0 Å². The molecule has 3 heteroatoms. The molecule has 0 spiro atoms. The van der Waals surface area contributed by atoms with Crippen LogP contribution in [0.4, 0.5) is 0 Å². The minimum absolute atomic E-state index is 0.209. The summed E-state index contributed by atoms with van der Waals surface area (Å²) >= 11 is 0. The van der Waals surface area contributed by atoms with E-state index in [4.69, 9.17) is 0 Å². The van der Waals surface area contributed by atoms with E-state index in [1.165, 1.54) is 12.8 Å². The lowest BCUT2D eigenvalue weighted by atomic mass is 10.2. The molecule has 3 nitrogen and oxygen atoms in total. The second-order valence-corrected chi connectivity index (χ2v) is 4.20. The van der Waals surface area contributed by atoms with Crippen molar-refractivity contribution in [3.8, 4) is 0 Å². The van der Waals surface area contributed by atoms with E-state index >= 15 is 0 Å². The van der Waals surface area contributed by atoms with Crippen molar-refractivity contribution in [3.63, 3.8) is 0 Å². The van der Waals surface area contributed by atoms with Gasteiger partial charge in [-0.15, -0.1) is 6.58 Å². The highest BCUT2D eigenvalue weighted by atomic mass is 16.2. The number of carbonyl (C=O) groups excluding carboxylic acids is 1. The highest BCUT2D eigenvalue weighted by molar-refractivity contribution is 5.78. The molecule has 1 unspecified atom stereocenters. The first kappa shape index (κ1) is 12.2. The number of carbonyl (C=O) groups is 1. The normalized spacial score (nSPS) is 19.4. The van der Waals surface area contributed by atoms with Crippen molar-refractivity contribution in [1.82, 2.24) is 10.2 Å². The summed E-state index contributed by atoms with van der Waals surface area (Å²) in [7, 11) is 0. The van der Waals surface area contributed by atoms with E-state index in [9.17, 15) is 4.79 Å². The van der Waals surface area contributed by atoms with Gasteiger partial charge in [-0.05, 0) is 19.8 Å². The molecule has 0 aromatic rings. The Hall–Kier alpha value is -0.830. The molecule has 1 rings (SSSR count). The maximum Gasteiger partial charge on any atom is 0.236 e. The van der Waals surface area contributed by atoms with Gasteiger partial charge in [0.2, 0.25) is 5.91 Å². The number of hydrogen-bond acceptors (Lipinski definition) is 2. The standard InChI is InChI=1S/C12H22N2O/c1-3-11(2)13-10-12(15)14-8-6-4-5-7-9-14/h3,11,13H,1,4-10H2,2H3. The van der Waals surface area contributed by atoms with E-state index in [0.717, 1.165) is 25.9 Å². The topological polar surface area (TPSA) is 32.3 Å². The molecule has 1 saturated heterocycles. The average Bonchev–Trinajstić information content (AvgIpc) is 2.53. The van der Waals surface area contributed by atoms with Crippen LogP contribution in [-0.4, -0.2) is 36.5 Å². The van der Waals surface area contributed by atoms with E-state index in [1.807, 2.05) is 17.9 Å². The van der Waals surface area contributed by atoms with Crippen LogP contribution in [0.15, 0.2) is 12.7 Å². The molecule has 1 atom stereocenters. The van der Waals surface area contributed by atoms with E-state index in [1.54, 1.807) is 0 Å². The molecule has 0 aromatic heterocycles. The Morgan fingerprint density at radius 1 is 1.40 bits per heavy atom. The Morgan fingerprint density at radius 2 is 2.00 bits per heavy atom. The van der Waals surface area contributed by atoms with Gasteiger partial charge in [-0.25, -0.2) is 0 Å². The first-order valence-corrected chi connectivity index (χ1v) is 5.87. The predicted molar refractivity (Wildman–Crippen MR) is 62.7 cm³/mol. The van der Waals surface area contributed by atoms with Gasteiger partial charge in [0.15, 0.2) is 0 Å². The Labute approximate surface area is 92.5 Å². The molecule has 1 fully saturated rings. The van der Waals surface area contributed by atoms with Crippen LogP contribution in [0.3, 0.4) is 0 Å². The minimum Gasteiger partial charge on any atom is -0.342 e. The molecule has 86 valence electrons. The highest BCUT2D eigenvalue weighted by Crippen LogP contribution is 2.09. The van der Waals surface area contributed by atoms with Crippen molar-refractivity contribution >= 4 is 5.91 Å². The highest BCUT2D eigenvalue weighted by Gasteiger charge is 2.14. The van der Waals surface area contributed by atoms with E-state index in [-0.39, 0.29) is 11.9 Å². The monoisotopic (exact) mass is 210 g/mol. The molecular formula is C12H22N2O. The van der Waals surface area contributed by atoms with E-state index in [2.05, 4.69) is 11.9 Å². The van der Waals surface area contributed by atoms with Crippen LogP contribution in [0, 0.1) is 0 Å². The molecule has 0 aliphatic carbocycles. The molecule has 1 heterocycles. The van der Waals surface area contributed by atoms with E-state index in [0.29, 0.717) is 6.54 Å². The minimum atomic E-state index is 0.209. The molecule has 15 heavy (non-hydrogen) atoms. The average molecular weight is 210 g/mol. The van der Waals surface area contributed by atoms with Crippen LogP contribution in [-0.2, 0) is 4.79 Å². The lowest BCUT2D eigenvalue weighted by Crippen LogP contribution is -2.40. The fourth-order valence-electron chi connectivity index (χ4n) is 1.76. The zero-order valence-corrected chi connectivity index (χ0v) is 9.67. The summed E-state index contributed by atoms with van der Waals surface area (Å²) in [6, 6.07) is 0.209. The van der Waals surface area contributed by atoms with Gasteiger partial charge in [0.05, 0.1) is 6.54 Å². The van der Waals surface area contributed by atoms with Crippen molar-refractivity contribution in [3.05, 3.63) is 12.7 Å². The summed E-state index contributed by atoms with van der Waals surface area (Å²) in [6.07, 6.45) is 6.65. The van der Waals surface area contributed by atoms with Crippen molar-refractivity contribution in [2.24, 2.45) is 0 Å². The maximum atomic E-state index is 11.8. The van der Waals surface area contributed by atoms with Gasteiger partial charge < -0.3 is 10.2 Å². The lowest BCUT2D eigenvalue weighted by Gasteiger charge is -2.21. The largest absolute Gasteiger partial charge is 0.342 e. The molecule has 0 aromatic carbocycles. The molecule has 1 aliphatic rings. The Kier molecular flexibility index (Phi) is 5.40. The maximum absolute atomic E-state index is 11.8. The Bertz CT molecular complexity index is 208. The van der Waals surface area contributed by atoms with Gasteiger partial charge in [-0.3, -0.25) is 4.79 Å². The number of likely N-dealkylation sites (tertiary alicyclic amines) is 1. The smallest absolute Gasteiger partial charge is 0.236 e. The first-order valence-electron chi connectivity index (χ1n) is 5.87. The number of hydrogen-bond donors (Lipinski definition) is 1. The van der Waals surface area contributed by atoms with Crippen LogP contribution in [0.5, 0.6) is 0 Å².